The van der Waals surface area contributed by atoms with Crippen LogP contribution in [0.15, 0.2) is 18.2 Å². The fraction of sp³-hybridized carbons (Fsp3) is 0.375. The molecule has 1 heterocycles. The quantitative estimate of drug-likeness (QED) is 0.473. The molecular weight excluding hydrogens is 316 g/mol. The summed E-state index contributed by atoms with van der Waals surface area (Å²) in [6.07, 6.45) is 0.282. The van der Waals surface area contributed by atoms with E-state index >= 15 is 0 Å². The third-order valence-electron chi connectivity index (χ3n) is 3.46. The van der Waals surface area contributed by atoms with Gasteiger partial charge < -0.3 is 14.5 Å². The van der Waals surface area contributed by atoms with Gasteiger partial charge in [-0.1, -0.05) is 0 Å². The van der Waals surface area contributed by atoms with Crippen LogP contribution in [0.4, 0.5) is 5.69 Å². The number of H-pyrrole nitrogens is 1. The predicted molar refractivity (Wildman–Crippen MR) is 85.9 cm³/mol. The molecule has 0 aliphatic carbocycles. The topological polar surface area (TPSA) is 112 Å². The fourth-order valence-corrected chi connectivity index (χ4v) is 2.45. The number of nitrogens with one attached hydrogen (secondary N) is 1. The zero-order chi connectivity index (χ0) is 17.7. The van der Waals surface area contributed by atoms with E-state index in [9.17, 15) is 19.7 Å². The average molecular weight is 334 g/mol. The van der Waals surface area contributed by atoms with E-state index in [0.29, 0.717) is 16.5 Å². The number of benzene rings is 1. The number of aromatic nitrogens is 1. The van der Waals surface area contributed by atoms with Crippen LogP contribution in [0.25, 0.3) is 10.9 Å². The number of hydrogen-bond donors (Lipinski definition) is 1. The standard InChI is InChI=1S/C16H18N2O6/c1-3-23-14(19)8-6-11-12-9-10(18(21)22)5-7-13(12)17-15(11)16(20)24-4-2/h5,7,9,17H,3-4,6,8H2,1-2H3. The second-order valence-corrected chi connectivity index (χ2v) is 4.99. The first-order valence-corrected chi connectivity index (χ1v) is 7.59. The highest BCUT2D eigenvalue weighted by Crippen LogP contribution is 2.28. The van der Waals surface area contributed by atoms with Crippen molar-refractivity contribution >= 4 is 28.5 Å². The molecule has 1 aromatic carbocycles. The summed E-state index contributed by atoms with van der Waals surface area (Å²) in [5.41, 5.74) is 1.20. The maximum atomic E-state index is 12.1. The van der Waals surface area contributed by atoms with Crippen molar-refractivity contribution in [2.24, 2.45) is 0 Å². The SMILES string of the molecule is CCOC(=O)CCc1c(C(=O)OCC)[nH]c2ccc([N+](=O)[O-])cc12. The maximum Gasteiger partial charge on any atom is 0.355 e. The Bertz CT molecular complexity index is 780. The van der Waals surface area contributed by atoms with Crippen LogP contribution in [-0.4, -0.2) is 35.1 Å². The average Bonchev–Trinajstić information content (AvgIpc) is 2.91. The number of aromatic amines is 1. The van der Waals surface area contributed by atoms with Crippen molar-refractivity contribution in [3.63, 3.8) is 0 Å². The minimum absolute atomic E-state index is 0.0654. The van der Waals surface area contributed by atoms with Crippen molar-refractivity contribution in [2.45, 2.75) is 26.7 Å². The minimum Gasteiger partial charge on any atom is -0.466 e. The molecular formula is C16H18N2O6. The maximum absolute atomic E-state index is 12.1. The number of esters is 2. The predicted octanol–water partition coefficient (Wildman–Crippen LogP) is 2.75. The monoisotopic (exact) mass is 334 g/mol. The molecule has 0 atom stereocenters. The Morgan fingerprint density at radius 3 is 2.54 bits per heavy atom. The van der Waals surface area contributed by atoms with E-state index < -0.39 is 16.9 Å². The molecule has 0 saturated carbocycles. The minimum atomic E-state index is -0.560. The van der Waals surface area contributed by atoms with Crippen LogP contribution in [0.3, 0.4) is 0 Å². The molecule has 1 N–H and O–H groups in total. The van der Waals surface area contributed by atoms with Crippen LogP contribution in [0.5, 0.6) is 0 Å². The van der Waals surface area contributed by atoms with Crippen LogP contribution >= 0.6 is 0 Å². The molecule has 2 aromatic rings. The lowest BCUT2D eigenvalue weighted by Crippen LogP contribution is -2.10. The van der Waals surface area contributed by atoms with Gasteiger partial charge in [0.25, 0.3) is 5.69 Å². The number of nitro groups is 1. The fourth-order valence-electron chi connectivity index (χ4n) is 2.45. The molecule has 2 rings (SSSR count). The van der Waals surface area contributed by atoms with Gasteiger partial charge in [-0.25, -0.2) is 4.79 Å². The Hall–Kier alpha value is -2.90. The van der Waals surface area contributed by atoms with Gasteiger partial charge in [-0.05, 0) is 31.9 Å². The van der Waals surface area contributed by atoms with Gasteiger partial charge in [-0.15, -0.1) is 0 Å². The summed E-state index contributed by atoms with van der Waals surface area (Å²) in [4.78, 5) is 37.1. The van der Waals surface area contributed by atoms with Gasteiger partial charge in [-0.3, -0.25) is 14.9 Å². The van der Waals surface area contributed by atoms with Gasteiger partial charge in [0.15, 0.2) is 0 Å². The van der Waals surface area contributed by atoms with E-state index in [-0.39, 0.29) is 37.4 Å². The third-order valence-corrected chi connectivity index (χ3v) is 3.46. The lowest BCUT2D eigenvalue weighted by Gasteiger charge is -2.05. The van der Waals surface area contributed by atoms with E-state index in [2.05, 4.69) is 4.98 Å². The molecule has 0 bridgehead atoms. The number of hydrogen-bond acceptors (Lipinski definition) is 6. The smallest absolute Gasteiger partial charge is 0.355 e. The molecule has 0 spiro atoms. The lowest BCUT2D eigenvalue weighted by molar-refractivity contribution is -0.384. The molecule has 128 valence electrons. The molecule has 0 saturated heterocycles. The van der Waals surface area contributed by atoms with Gasteiger partial charge in [0.1, 0.15) is 5.69 Å². The first-order chi connectivity index (χ1) is 11.5. The highest BCUT2D eigenvalue weighted by atomic mass is 16.6. The summed E-state index contributed by atoms with van der Waals surface area (Å²) < 4.78 is 9.90. The molecule has 0 amide bonds. The third kappa shape index (κ3) is 3.70. The highest BCUT2D eigenvalue weighted by molar-refractivity contribution is 5.99. The molecule has 8 nitrogen and oxygen atoms in total. The van der Waals surface area contributed by atoms with Crippen LogP contribution < -0.4 is 0 Å². The van der Waals surface area contributed by atoms with Gasteiger partial charge >= 0.3 is 11.9 Å². The Labute approximate surface area is 137 Å². The zero-order valence-electron chi connectivity index (χ0n) is 13.5. The summed E-state index contributed by atoms with van der Waals surface area (Å²) in [6.45, 7) is 3.86. The van der Waals surface area contributed by atoms with Crippen molar-refractivity contribution in [1.29, 1.82) is 0 Å². The number of ether oxygens (including phenoxy) is 2. The first-order valence-electron chi connectivity index (χ1n) is 7.59. The Kier molecular flexibility index (Phi) is 5.51. The molecule has 24 heavy (non-hydrogen) atoms. The zero-order valence-corrected chi connectivity index (χ0v) is 13.5. The first kappa shape index (κ1) is 17.5. The van der Waals surface area contributed by atoms with Crippen molar-refractivity contribution in [3.8, 4) is 0 Å². The second kappa shape index (κ2) is 7.58. The number of carbonyl (C=O) groups is 2. The summed E-state index contributed by atoms with van der Waals surface area (Å²) >= 11 is 0. The van der Waals surface area contributed by atoms with Crippen LogP contribution in [0.1, 0.15) is 36.3 Å². The Morgan fingerprint density at radius 1 is 1.21 bits per heavy atom. The number of nitro benzene ring substituents is 1. The van der Waals surface area contributed by atoms with Gasteiger partial charge in [0.05, 0.1) is 18.1 Å². The molecule has 8 heteroatoms. The molecule has 0 aliphatic heterocycles. The number of carbonyl (C=O) groups excluding carboxylic acids is 2. The van der Waals surface area contributed by atoms with E-state index in [1.807, 2.05) is 0 Å². The van der Waals surface area contributed by atoms with Crippen molar-refractivity contribution in [1.82, 2.24) is 4.98 Å². The Balaban J connectivity index is 2.46. The number of aryl methyl sites for hydroxylation is 1. The number of nitrogens with zero attached hydrogens (tertiary/aromatic N) is 1. The molecule has 0 fully saturated rings. The van der Waals surface area contributed by atoms with Gasteiger partial charge in [0, 0.05) is 29.5 Å². The molecule has 0 aliphatic rings. The summed E-state index contributed by atoms with van der Waals surface area (Å²) in [5, 5.41) is 11.5. The summed E-state index contributed by atoms with van der Waals surface area (Å²) in [6, 6.07) is 4.27. The normalized spacial score (nSPS) is 10.6. The summed E-state index contributed by atoms with van der Waals surface area (Å²) in [7, 11) is 0. The number of non-ortho nitro benzene ring substituents is 1. The van der Waals surface area contributed by atoms with Crippen LogP contribution in [0.2, 0.25) is 0 Å². The van der Waals surface area contributed by atoms with E-state index in [4.69, 9.17) is 9.47 Å². The van der Waals surface area contributed by atoms with Crippen molar-refractivity contribution < 1.29 is 24.0 Å². The molecule has 0 radical (unpaired) electrons. The molecule has 1 aromatic heterocycles. The van der Waals surface area contributed by atoms with Crippen molar-refractivity contribution in [2.75, 3.05) is 13.2 Å². The van der Waals surface area contributed by atoms with Crippen LogP contribution in [-0.2, 0) is 20.7 Å². The lowest BCUT2D eigenvalue weighted by atomic mass is 10.0. The molecule has 0 unspecified atom stereocenters. The Morgan fingerprint density at radius 2 is 1.92 bits per heavy atom. The number of fused-ring (bicyclic) bond motifs is 1. The summed E-state index contributed by atoms with van der Waals surface area (Å²) in [5.74, 6) is -0.956. The second-order valence-electron chi connectivity index (χ2n) is 4.99. The van der Waals surface area contributed by atoms with E-state index in [1.165, 1.54) is 18.2 Å². The largest absolute Gasteiger partial charge is 0.466 e. The highest BCUT2D eigenvalue weighted by Gasteiger charge is 2.21. The van der Waals surface area contributed by atoms with Gasteiger partial charge in [-0.2, -0.15) is 0 Å². The van der Waals surface area contributed by atoms with Crippen LogP contribution in [0, 0.1) is 10.1 Å². The van der Waals surface area contributed by atoms with E-state index in [1.54, 1.807) is 13.8 Å². The van der Waals surface area contributed by atoms with Crippen molar-refractivity contribution in [3.05, 3.63) is 39.6 Å². The van der Waals surface area contributed by atoms with E-state index in [0.717, 1.165) is 0 Å². The van der Waals surface area contributed by atoms with Gasteiger partial charge in [0.2, 0.25) is 0 Å². The number of rotatable bonds is 7.